The molecule has 1 atom stereocenters. The minimum absolute atomic E-state index is 0.0128. The Morgan fingerprint density at radius 3 is 2.59 bits per heavy atom. The van der Waals surface area contributed by atoms with Gasteiger partial charge in [-0.05, 0) is 32.3 Å². The third kappa shape index (κ3) is 4.87. The second-order valence-corrected chi connectivity index (χ2v) is 7.70. The van der Waals surface area contributed by atoms with Gasteiger partial charge in [0.1, 0.15) is 6.10 Å². The van der Waals surface area contributed by atoms with Gasteiger partial charge in [0, 0.05) is 45.3 Å². The van der Waals surface area contributed by atoms with Crippen LogP contribution in [0, 0.1) is 0 Å². The van der Waals surface area contributed by atoms with Crippen molar-refractivity contribution in [1.29, 1.82) is 0 Å². The Balaban J connectivity index is 1.53. The van der Waals surface area contributed by atoms with E-state index in [1.807, 2.05) is 36.3 Å². The van der Waals surface area contributed by atoms with Gasteiger partial charge in [-0.1, -0.05) is 24.8 Å². The number of rotatable bonds is 6. The van der Waals surface area contributed by atoms with Crippen molar-refractivity contribution in [3.05, 3.63) is 37.1 Å². The fraction of sp³-hybridized carbons (Fsp3) is 0.619. The summed E-state index contributed by atoms with van der Waals surface area (Å²) in [6.45, 7) is 10.6. The van der Waals surface area contributed by atoms with Crippen molar-refractivity contribution < 1.29 is 14.3 Å². The summed E-state index contributed by atoms with van der Waals surface area (Å²) in [5.74, 6) is 0.304. The summed E-state index contributed by atoms with van der Waals surface area (Å²) in [6, 6.07) is 0. The molecule has 0 aliphatic carbocycles. The average molecular weight is 373 g/mol. The Labute approximate surface area is 162 Å². The Morgan fingerprint density at radius 2 is 1.93 bits per heavy atom. The minimum atomic E-state index is -0.416. The molecule has 0 aromatic heterocycles. The van der Waals surface area contributed by atoms with Gasteiger partial charge in [-0.3, -0.25) is 9.59 Å². The molecule has 27 heavy (non-hydrogen) atoms. The third-order valence-corrected chi connectivity index (χ3v) is 5.77. The van der Waals surface area contributed by atoms with Crippen LogP contribution in [0.4, 0.5) is 0 Å². The Bertz CT molecular complexity index is 620. The highest BCUT2D eigenvalue weighted by Crippen LogP contribution is 2.33. The van der Waals surface area contributed by atoms with Crippen LogP contribution in [-0.2, 0) is 14.3 Å². The average Bonchev–Trinajstić information content (AvgIpc) is 3.07. The van der Waals surface area contributed by atoms with Gasteiger partial charge in [0.05, 0.1) is 12.1 Å². The topological polar surface area (TPSA) is 53.1 Å². The molecule has 6 nitrogen and oxygen atoms in total. The summed E-state index contributed by atoms with van der Waals surface area (Å²) in [4.78, 5) is 30.4. The number of amides is 2. The summed E-state index contributed by atoms with van der Waals surface area (Å²) >= 11 is 0. The molecule has 0 saturated carbocycles. The summed E-state index contributed by atoms with van der Waals surface area (Å²) in [6.07, 6.45) is 12.2. The van der Waals surface area contributed by atoms with Crippen LogP contribution >= 0.6 is 0 Å². The molecule has 3 saturated heterocycles. The largest absolute Gasteiger partial charge is 0.360 e. The Hall–Kier alpha value is -1.92. The number of carbonyl (C=O) groups is 2. The molecule has 3 fully saturated rings. The molecule has 3 aliphatic heterocycles. The van der Waals surface area contributed by atoms with Crippen molar-refractivity contribution in [3.63, 3.8) is 0 Å². The molecule has 0 aromatic carbocycles. The van der Waals surface area contributed by atoms with Gasteiger partial charge in [-0.15, -0.1) is 0 Å². The van der Waals surface area contributed by atoms with Gasteiger partial charge in [0.2, 0.25) is 5.91 Å². The number of hydrogen-bond acceptors (Lipinski definition) is 4. The molecule has 1 unspecified atom stereocenters. The maximum Gasteiger partial charge on any atom is 0.255 e. The van der Waals surface area contributed by atoms with E-state index in [1.165, 1.54) is 0 Å². The summed E-state index contributed by atoms with van der Waals surface area (Å²) in [7, 11) is 0. The van der Waals surface area contributed by atoms with Crippen molar-refractivity contribution in [3.8, 4) is 0 Å². The van der Waals surface area contributed by atoms with E-state index < -0.39 is 6.10 Å². The number of morpholine rings is 1. The van der Waals surface area contributed by atoms with Gasteiger partial charge in [-0.25, -0.2) is 0 Å². The van der Waals surface area contributed by atoms with Crippen molar-refractivity contribution in [2.75, 3.05) is 39.3 Å². The maximum atomic E-state index is 12.4. The lowest BCUT2D eigenvalue weighted by Gasteiger charge is -2.48. The summed E-state index contributed by atoms with van der Waals surface area (Å²) in [5.41, 5.74) is -0.264. The van der Waals surface area contributed by atoms with Gasteiger partial charge < -0.3 is 19.4 Å². The highest BCUT2D eigenvalue weighted by atomic mass is 16.5. The zero-order valence-corrected chi connectivity index (χ0v) is 16.3. The van der Waals surface area contributed by atoms with Crippen LogP contribution < -0.4 is 0 Å². The first-order valence-electron chi connectivity index (χ1n) is 9.97. The number of likely N-dealkylation sites (tertiary alicyclic amines) is 2. The first kappa shape index (κ1) is 19.8. The van der Waals surface area contributed by atoms with Crippen LogP contribution in [0.5, 0.6) is 0 Å². The van der Waals surface area contributed by atoms with Crippen LogP contribution in [0.1, 0.15) is 32.6 Å². The predicted molar refractivity (Wildman–Crippen MR) is 105 cm³/mol. The fourth-order valence-electron chi connectivity index (χ4n) is 4.17. The zero-order valence-electron chi connectivity index (χ0n) is 16.3. The van der Waals surface area contributed by atoms with Gasteiger partial charge in [0.25, 0.3) is 5.91 Å². The first-order valence-corrected chi connectivity index (χ1v) is 9.97. The molecule has 2 amide bonds. The van der Waals surface area contributed by atoms with Gasteiger partial charge in [-0.2, -0.15) is 0 Å². The second kappa shape index (κ2) is 8.85. The lowest BCUT2D eigenvalue weighted by atomic mass is 9.88. The molecule has 0 aromatic rings. The van der Waals surface area contributed by atoms with Crippen LogP contribution in [0.15, 0.2) is 37.1 Å². The van der Waals surface area contributed by atoms with E-state index in [1.54, 1.807) is 11.0 Å². The summed E-state index contributed by atoms with van der Waals surface area (Å²) < 4.78 is 6.18. The molecule has 3 rings (SSSR count). The monoisotopic (exact) mass is 373 g/mol. The fourth-order valence-corrected chi connectivity index (χ4v) is 4.17. The molecular formula is C21H31N3O3. The van der Waals surface area contributed by atoms with E-state index in [2.05, 4.69) is 11.5 Å². The molecule has 3 aliphatic rings. The molecule has 0 bridgehead atoms. The van der Waals surface area contributed by atoms with Gasteiger partial charge in [0.15, 0.2) is 0 Å². The number of ether oxygens (including phenoxy) is 1. The van der Waals surface area contributed by atoms with E-state index in [4.69, 9.17) is 4.74 Å². The van der Waals surface area contributed by atoms with Gasteiger partial charge >= 0.3 is 0 Å². The molecule has 0 N–H and O–H groups in total. The molecule has 0 radical (unpaired) electrons. The van der Waals surface area contributed by atoms with Crippen LogP contribution in [-0.4, -0.2) is 77.5 Å². The number of carbonyl (C=O) groups excluding carboxylic acids is 2. The van der Waals surface area contributed by atoms with E-state index in [0.29, 0.717) is 18.9 Å². The molecule has 148 valence electrons. The lowest BCUT2D eigenvalue weighted by molar-refractivity contribution is -0.184. The van der Waals surface area contributed by atoms with Crippen molar-refractivity contribution >= 4 is 11.8 Å². The van der Waals surface area contributed by atoms with Crippen molar-refractivity contribution in [2.24, 2.45) is 0 Å². The molecular weight excluding hydrogens is 342 g/mol. The smallest absolute Gasteiger partial charge is 0.255 e. The Morgan fingerprint density at radius 1 is 1.15 bits per heavy atom. The van der Waals surface area contributed by atoms with E-state index in [0.717, 1.165) is 52.0 Å². The number of nitrogens with zero attached hydrogens (tertiary/aromatic N) is 3. The summed E-state index contributed by atoms with van der Waals surface area (Å²) in [5, 5.41) is 0. The van der Waals surface area contributed by atoms with E-state index in [9.17, 15) is 9.59 Å². The minimum Gasteiger partial charge on any atom is -0.360 e. The maximum absolute atomic E-state index is 12.4. The highest BCUT2D eigenvalue weighted by molar-refractivity contribution is 5.82. The van der Waals surface area contributed by atoms with Crippen molar-refractivity contribution in [1.82, 2.24) is 14.7 Å². The van der Waals surface area contributed by atoms with Crippen LogP contribution in [0.25, 0.3) is 0 Å². The predicted octanol–water partition coefficient (Wildman–Crippen LogP) is 1.95. The molecule has 3 heterocycles. The van der Waals surface area contributed by atoms with E-state index >= 15 is 0 Å². The quantitative estimate of drug-likeness (QED) is 0.668. The number of hydrogen-bond donors (Lipinski definition) is 0. The molecule has 6 heteroatoms. The first-order chi connectivity index (χ1) is 13.0. The van der Waals surface area contributed by atoms with Crippen molar-refractivity contribution in [2.45, 2.75) is 44.3 Å². The third-order valence-electron chi connectivity index (χ3n) is 5.77. The standard InChI is InChI=1S/C21H31N3O3/c1-3-4-5-6-11-24-17-21(27-18(2)20(24)26)9-13-22(14-10-21)15-16-23-12-7-8-19(23)25/h3-6,11,18H,1,7-10,12-17H2,2H3/b5-4-,11-6+. The zero-order chi connectivity index (χ0) is 19.3. The second-order valence-electron chi connectivity index (χ2n) is 7.70. The number of allylic oxidation sites excluding steroid dienone is 4. The normalized spacial score (nSPS) is 26.8. The number of piperidine rings is 1. The van der Waals surface area contributed by atoms with Crippen LogP contribution in [0.3, 0.4) is 0 Å². The van der Waals surface area contributed by atoms with Crippen LogP contribution in [0.2, 0.25) is 0 Å². The SMILES string of the molecule is C=C/C=C\C=C\N1CC2(CCN(CCN3CCCC3=O)CC2)OC(C)C1=O. The highest BCUT2D eigenvalue weighted by Gasteiger charge is 2.44. The lowest BCUT2D eigenvalue weighted by Crippen LogP contribution is -2.60. The Kier molecular flexibility index (Phi) is 6.50. The molecule has 1 spiro atoms. The van der Waals surface area contributed by atoms with E-state index in [-0.39, 0.29) is 11.5 Å².